The molecule has 0 spiro atoms. The van der Waals surface area contributed by atoms with Crippen molar-refractivity contribution in [2.75, 3.05) is 65.5 Å². The molecule has 2 rings (SSSR count). The van der Waals surface area contributed by atoms with Crippen molar-refractivity contribution in [3.05, 3.63) is 11.9 Å². The molecule has 1 aromatic rings. The smallest absolute Gasteiger partial charge is 0.221 e. The third kappa shape index (κ3) is 18.1. The Morgan fingerprint density at radius 1 is 0.979 bits per heavy atom. The van der Waals surface area contributed by atoms with E-state index >= 15 is 0 Å². The van der Waals surface area contributed by atoms with Crippen LogP contribution < -0.4 is 10.6 Å². The van der Waals surface area contributed by atoms with Crippen molar-refractivity contribution < 1.29 is 58.4 Å². The summed E-state index contributed by atoms with van der Waals surface area (Å²) in [7, 11) is -0.440. The van der Waals surface area contributed by atoms with Crippen LogP contribution in [0.15, 0.2) is 6.20 Å². The molecule has 1 aliphatic rings. The highest BCUT2D eigenvalue weighted by molar-refractivity contribution is 7.91. The van der Waals surface area contributed by atoms with Crippen LogP contribution in [0.3, 0.4) is 0 Å². The van der Waals surface area contributed by atoms with E-state index in [0.717, 1.165) is 0 Å². The number of aliphatic hydroxyl groups excluding tert-OH is 3. The Bertz CT molecular complexity index is 1120. The lowest BCUT2D eigenvalue weighted by molar-refractivity contribution is -0.296. The summed E-state index contributed by atoms with van der Waals surface area (Å²) >= 11 is 4.38. The maximum absolute atomic E-state index is 11.9. The molecule has 7 N–H and O–H groups in total. The fourth-order valence-corrected chi connectivity index (χ4v) is 5.47. The third-order valence-electron chi connectivity index (χ3n) is 7.24. The number of nitrogens with one attached hydrogen (secondary N) is 2. The van der Waals surface area contributed by atoms with E-state index in [4.69, 9.17) is 23.7 Å². The van der Waals surface area contributed by atoms with Crippen LogP contribution in [0.4, 0.5) is 0 Å². The molecule has 278 valence electrons. The highest BCUT2D eigenvalue weighted by atomic mass is 32.1. The van der Waals surface area contributed by atoms with Crippen molar-refractivity contribution >= 4 is 40.0 Å². The summed E-state index contributed by atoms with van der Waals surface area (Å²) in [6, 6.07) is 0. The zero-order chi connectivity index (χ0) is 35.5. The Morgan fingerprint density at radius 2 is 1.62 bits per heavy atom. The number of carbonyl (C=O) groups is 2. The normalized spacial score (nSPS) is 22.1. The topological polar surface area (TPSA) is 236 Å². The number of carbonyl (C=O) groups excluding carboxylic acids is 2. The van der Waals surface area contributed by atoms with Gasteiger partial charge in [0.05, 0.1) is 64.6 Å². The largest absolute Gasteiger partial charge is 0.388 e. The molecule has 17 nitrogen and oxygen atoms in total. The van der Waals surface area contributed by atoms with E-state index in [1.165, 1.54) is 0 Å². The van der Waals surface area contributed by atoms with Gasteiger partial charge in [0.1, 0.15) is 25.3 Å². The van der Waals surface area contributed by atoms with E-state index in [-0.39, 0.29) is 49.2 Å². The van der Waals surface area contributed by atoms with E-state index in [1.807, 2.05) is 13.8 Å². The summed E-state index contributed by atoms with van der Waals surface area (Å²) in [4.78, 5) is 42.7. The van der Waals surface area contributed by atoms with Crippen LogP contribution in [-0.4, -0.2) is 153 Å². The summed E-state index contributed by atoms with van der Waals surface area (Å²) in [6.07, 6.45) is -4.00. The van der Waals surface area contributed by atoms with Gasteiger partial charge in [-0.15, -0.1) is 5.10 Å². The second-order valence-corrected chi connectivity index (χ2v) is 16.4. The van der Waals surface area contributed by atoms with E-state index < -0.39 is 37.7 Å². The fraction of sp³-hybridized carbons (Fsp3) is 0.857. The number of rotatable bonds is 25. The number of aliphatic hydroxyl groups is 3. The molecule has 20 heteroatoms. The molecule has 1 saturated heterocycles. The monoisotopic (exact) mass is 745 g/mol. The number of amides is 2. The van der Waals surface area contributed by atoms with Gasteiger partial charge < -0.3 is 59.4 Å². The lowest BCUT2D eigenvalue weighted by atomic mass is 9.97. The molecular weight excluding hydrogens is 692 g/mol. The highest BCUT2D eigenvalue weighted by Gasteiger charge is 2.44. The van der Waals surface area contributed by atoms with E-state index in [1.54, 1.807) is 10.9 Å². The molecule has 0 saturated carbocycles. The highest BCUT2D eigenvalue weighted by Crippen LogP contribution is 2.43. The second-order valence-electron chi connectivity index (χ2n) is 11.7. The van der Waals surface area contributed by atoms with Crippen molar-refractivity contribution in [3.63, 3.8) is 0 Å². The zero-order valence-corrected chi connectivity index (χ0v) is 30.3. The number of aromatic nitrogens is 3. The van der Waals surface area contributed by atoms with Gasteiger partial charge in [0, 0.05) is 50.0 Å². The van der Waals surface area contributed by atoms with Crippen LogP contribution in [0.25, 0.3) is 0 Å². The van der Waals surface area contributed by atoms with Crippen molar-refractivity contribution in [3.8, 4) is 0 Å². The number of hydrogen-bond donors (Lipinski definition) is 8. The molecule has 2 heterocycles. The van der Waals surface area contributed by atoms with Crippen molar-refractivity contribution in [2.24, 2.45) is 5.92 Å². The second kappa shape index (κ2) is 23.3. The van der Waals surface area contributed by atoms with Crippen LogP contribution in [0.1, 0.15) is 38.8 Å². The standard InChI is InChI=1S/C28H53N5O12P2S/c1-19(2)22(48)17-24(35)29-6-3-23(34)30-7-10-41-12-14-43-15-13-42-11-8-33-18-20(31-32-33)4-9-44-28-27(38)26(37)25(36)21(45-28)5-16-47(39,40)46/h18-19,21-22,25-28,36-40,46,48H,3-17H2,1-2H3,(H,29,35)(H,30,34)/t21-,22?,25-,26+,27+,28+/m1/s1. The minimum atomic E-state index is -3.28. The minimum absolute atomic E-state index is 0.00757. The molecule has 48 heavy (non-hydrogen) atoms. The summed E-state index contributed by atoms with van der Waals surface area (Å²) in [5, 5.41) is 44.1. The van der Waals surface area contributed by atoms with Gasteiger partial charge in [0.15, 0.2) is 6.29 Å². The number of ether oxygens (including phenoxy) is 5. The summed E-state index contributed by atoms with van der Waals surface area (Å²) in [6.45, 7) is 7.47. The lowest BCUT2D eigenvalue weighted by Gasteiger charge is -2.40. The predicted octanol–water partition coefficient (Wildman–Crippen LogP) is -1.06. The molecule has 1 aliphatic heterocycles. The predicted molar refractivity (Wildman–Crippen MR) is 181 cm³/mol. The van der Waals surface area contributed by atoms with Gasteiger partial charge in [0.2, 0.25) is 11.8 Å². The first-order chi connectivity index (χ1) is 22.8. The minimum Gasteiger partial charge on any atom is -0.388 e. The average molecular weight is 746 g/mol. The zero-order valence-electron chi connectivity index (χ0n) is 27.6. The van der Waals surface area contributed by atoms with Crippen molar-refractivity contribution in [1.29, 1.82) is 0 Å². The maximum Gasteiger partial charge on any atom is 0.221 e. The van der Waals surface area contributed by atoms with Crippen LogP contribution in [0.2, 0.25) is 0 Å². The molecule has 1 aromatic heterocycles. The van der Waals surface area contributed by atoms with Gasteiger partial charge in [-0.05, 0) is 12.3 Å². The van der Waals surface area contributed by atoms with Gasteiger partial charge in [0.25, 0.3) is 0 Å². The first-order valence-corrected chi connectivity index (χ1v) is 19.7. The average Bonchev–Trinajstić information content (AvgIpc) is 3.47. The molecule has 0 aliphatic carbocycles. The summed E-state index contributed by atoms with van der Waals surface area (Å²) < 4.78 is 29.2. The molecule has 2 amide bonds. The lowest BCUT2D eigenvalue weighted by Crippen LogP contribution is -2.58. The Kier molecular flexibility index (Phi) is 20.8. The van der Waals surface area contributed by atoms with E-state index in [2.05, 4.69) is 42.1 Å². The van der Waals surface area contributed by atoms with Gasteiger partial charge in [-0.3, -0.25) is 9.59 Å². The first-order valence-electron chi connectivity index (χ1n) is 16.0. The summed E-state index contributed by atoms with van der Waals surface area (Å²) in [5.74, 6) is 0.0258. The number of hydrogen-bond acceptors (Lipinski definition) is 13. The van der Waals surface area contributed by atoms with Crippen LogP contribution in [0.5, 0.6) is 0 Å². The third-order valence-corrected chi connectivity index (χ3v) is 9.57. The maximum atomic E-state index is 11.9. The molecule has 0 aromatic carbocycles. The SMILES string of the molecule is CC(C)C(S)CC(=O)NCCC(=O)NCCOCCOCCOCCn1cc(CCO[C@H]2O[C@H](CCP(O)(O)=P)[C@@H](O)[C@H](O)[C@@H]2O)nn1. The van der Waals surface area contributed by atoms with Gasteiger partial charge in [-0.1, -0.05) is 27.6 Å². The van der Waals surface area contributed by atoms with Gasteiger partial charge >= 0.3 is 0 Å². The Balaban J connectivity index is 1.45. The van der Waals surface area contributed by atoms with Gasteiger partial charge in [-0.2, -0.15) is 12.6 Å². The molecule has 1 unspecified atom stereocenters. The number of thiol groups is 1. The van der Waals surface area contributed by atoms with Crippen molar-refractivity contribution in [2.45, 2.75) is 82.0 Å². The summed E-state index contributed by atoms with van der Waals surface area (Å²) in [5.41, 5.74) is 0.628. The van der Waals surface area contributed by atoms with E-state index in [0.29, 0.717) is 77.2 Å². The Morgan fingerprint density at radius 3 is 2.29 bits per heavy atom. The Labute approximate surface area is 289 Å². The quantitative estimate of drug-likeness (QED) is 0.0339. The van der Waals surface area contributed by atoms with Crippen molar-refractivity contribution in [1.82, 2.24) is 25.6 Å². The number of nitrogens with zero attached hydrogens (tertiary/aromatic N) is 3. The molecule has 1 fully saturated rings. The first kappa shape index (κ1) is 42.9. The molecule has 0 bridgehead atoms. The molecular formula is C28H53N5O12P2S. The molecule has 0 radical (unpaired) electrons. The fourth-order valence-electron chi connectivity index (χ4n) is 4.31. The van der Waals surface area contributed by atoms with Gasteiger partial charge in [-0.25, -0.2) is 4.68 Å². The van der Waals surface area contributed by atoms with Crippen LogP contribution >= 0.6 is 28.2 Å². The van der Waals surface area contributed by atoms with Crippen LogP contribution in [0, 0.1) is 5.92 Å². The van der Waals surface area contributed by atoms with E-state index in [9.17, 15) is 34.7 Å². The van der Waals surface area contributed by atoms with Crippen LogP contribution in [-0.2, 0) is 46.2 Å². The Hall–Kier alpha value is -1.24. The molecule has 6 atom stereocenters.